The highest BCUT2D eigenvalue weighted by Gasteiger charge is 2.24. The Bertz CT molecular complexity index is 160. The zero-order valence-electron chi connectivity index (χ0n) is 7.82. The van der Waals surface area contributed by atoms with Crippen LogP contribution in [0.5, 0.6) is 0 Å². The van der Waals surface area contributed by atoms with Gasteiger partial charge in [-0.25, -0.2) is 0 Å². The molecule has 1 fully saturated rings. The lowest BCUT2D eigenvalue weighted by molar-refractivity contribution is -0.143. The first-order valence-corrected chi connectivity index (χ1v) is 4.43. The van der Waals surface area contributed by atoms with E-state index in [1.54, 1.807) is 0 Å². The van der Waals surface area contributed by atoms with E-state index >= 15 is 0 Å². The van der Waals surface area contributed by atoms with Crippen molar-refractivity contribution in [2.24, 2.45) is 0 Å². The quantitative estimate of drug-likeness (QED) is 0.695. The average Bonchev–Trinajstić information content (AvgIpc) is 2.07. The number of piperazine rings is 1. The molecule has 5 heteroatoms. The van der Waals surface area contributed by atoms with Gasteiger partial charge in [0.25, 0.3) is 0 Å². The smallest absolute Gasteiger partial charge is 0.320 e. The number of rotatable bonds is 3. The maximum atomic E-state index is 10.8. The Balaban J connectivity index is 0.00000144. The first-order valence-electron chi connectivity index (χ1n) is 4.43. The van der Waals surface area contributed by atoms with E-state index in [1.807, 2.05) is 11.8 Å². The Kier molecular flexibility index (Phi) is 6.03. The van der Waals surface area contributed by atoms with Crippen molar-refractivity contribution in [1.29, 1.82) is 0 Å². The summed E-state index contributed by atoms with van der Waals surface area (Å²) in [5.74, 6) is -0.695. The summed E-state index contributed by atoms with van der Waals surface area (Å²) in [6, 6.07) is -0.285. The molecule has 13 heavy (non-hydrogen) atoms. The van der Waals surface area contributed by atoms with Crippen LogP contribution in [-0.2, 0) is 4.79 Å². The van der Waals surface area contributed by atoms with Crippen molar-refractivity contribution in [2.45, 2.75) is 19.4 Å². The molecule has 0 radical (unpaired) electrons. The lowest BCUT2D eigenvalue weighted by Gasteiger charge is -2.31. The minimum absolute atomic E-state index is 0. The monoisotopic (exact) mass is 208 g/mol. The number of hydrogen-bond donors (Lipinski definition) is 2. The fraction of sp³-hybridized carbons (Fsp3) is 0.875. The summed E-state index contributed by atoms with van der Waals surface area (Å²) in [6.07, 6.45) is 0.690. The summed E-state index contributed by atoms with van der Waals surface area (Å²) in [5.41, 5.74) is 0. The van der Waals surface area contributed by atoms with Crippen LogP contribution in [0.2, 0.25) is 0 Å². The van der Waals surface area contributed by atoms with Gasteiger partial charge in [0.05, 0.1) is 0 Å². The molecule has 0 aromatic carbocycles. The summed E-state index contributed by atoms with van der Waals surface area (Å²) < 4.78 is 0. The minimum Gasteiger partial charge on any atom is -0.480 e. The molecule has 1 heterocycles. The van der Waals surface area contributed by atoms with Crippen molar-refractivity contribution in [3.8, 4) is 0 Å². The fourth-order valence-electron chi connectivity index (χ4n) is 1.58. The molecular weight excluding hydrogens is 192 g/mol. The maximum Gasteiger partial charge on any atom is 0.320 e. The van der Waals surface area contributed by atoms with Crippen molar-refractivity contribution < 1.29 is 9.90 Å². The molecule has 1 atom stereocenters. The first-order chi connectivity index (χ1) is 5.75. The molecular formula is C8H17ClN2O2. The highest BCUT2D eigenvalue weighted by Crippen LogP contribution is 2.05. The summed E-state index contributed by atoms with van der Waals surface area (Å²) in [7, 11) is 0. The minimum atomic E-state index is -0.695. The van der Waals surface area contributed by atoms with Crippen molar-refractivity contribution in [3.63, 3.8) is 0 Å². The number of carboxylic acid groups (broad SMARTS) is 1. The SMILES string of the molecule is CCC(C(=O)O)N1CCNCC1.Cl. The van der Waals surface area contributed by atoms with Crippen LogP contribution in [0.15, 0.2) is 0 Å². The summed E-state index contributed by atoms with van der Waals surface area (Å²) in [5, 5.41) is 12.1. The Morgan fingerprint density at radius 3 is 2.46 bits per heavy atom. The Morgan fingerprint density at radius 2 is 2.08 bits per heavy atom. The van der Waals surface area contributed by atoms with Crippen LogP contribution in [0.1, 0.15) is 13.3 Å². The molecule has 78 valence electrons. The average molecular weight is 209 g/mol. The van der Waals surface area contributed by atoms with Crippen LogP contribution in [0.25, 0.3) is 0 Å². The van der Waals surface area contributed by atoms with Crippen molar-refractivity contribution in [1.82, 2.24) is 10.2 Å². The number of carboxylic acids is 1. The van der Waals surface area contributed by atoms with Gasteiger partial charge in [-0.05, 0) is 6.42 Å². The molecule has 1 aliphatic heterocycles. The molecule has 1 unspecified atom stereocenters. The predicted octanol–water partition coefficient (Wildman–Crippen LogP) is 0.177. The maximum absolute atomic E-state index is 10.8. The number of aliphatic carboxylic acids is 1. The molecule has 0 saturated carbocycles. The molecule has 4 nitrogen and oxygen atoms in total. The van der Waals surface area contributed by atoms with Crippen molar-refractivity contribution in [2.75, 3.05) is 26.2 Å². The van der Waals surface area contributed by atoms with Gasteiger partial charge in [-0.1, -0.05) is 6.92 Å². The second kappa shape index (κ2) is 6.18. The Hall–Kier alpha value is -0.320. The van der Waals surface area contributed by atoms with E-state index in [0.717, 1.165) is 26.2 Å². The van der Waals surface area contributed by atoms with E-state index in [2.05, 4.69) is 5.32 Å². The topological polar surface area (TPSA) is 52.6 Å². The van der Waals surface area contributed by atoms with Gasteiger partial charge in [0.2, 0.25) is 0 Å². The molecule has 1 aliphatic rings. The van der Waals surface area contributed by atoms with Crippen molar-refractivity contribution >= 4 is 18.4 Å². The zero-order chi connectivity index (χ0) is 8.97. The molecule has 2 N–H and O–H groups in total. The molecule has 0 aromatic heterocycles. The first kappa shape index (κ1) is 12.7. The van der Waals surface area contributed by atoms with Gasteiger partial charge in [-0.15, -0.1) is 12.4 Å². The molecule has 0 bridgehead atoms. The van der Waals surface area contributed by atoms with Crippen molar-refractivity contribution in [3.05, 3.63) is 0 Å². The third-order valence-electron chi connectivity index (χ3n) is 2.26. The van der Waals surface area contributed by atoms with E-state index in [4.69, 9.17) is 5.11 Å². The van der Waals surface area contributed by atoms with Gasteiger partial charge in [0.15, 0.2) is 0 Å². The molecule has 0 spiro atoms. The number of halogens is 1. The van der Waals surface area contributed by atoms with Gasteiger partial charge >= 0.3 is 5.97 Å². The summed E-state index contributed by atoms with van der Waals surface area (Å²) in [6.45, 7) is 5.43. The van der Waals surface area contributed by atoms with Gasteiger partial charge < -0.3 is 10.4 Å². The van der Waals surface area contributed by atoms with Gasteiger partial charge in [0.1, 0.15) is 6.04 Å². The highest BCUT2D eigenvalue weighted by molar-refractivity contribution is 5.85. The Labute approximate surface area is 84.7 Å². The van der Waals surface area contributed by atoms with Crippen LogP contribution >= 0.6 is 12.4 Å². The number of nitrogens with zero attached hydrogens (tertiary/aromatic N) is 1. The zero-order valence-corrected chi connectivity index (χ0v) is 8.64. The second-order valence-corrected chi connectivity index (χ2v) is 3.05. The van der Waals surface area contributed by atoms with Gasteiger partial charge in [-0.3, -0.25) is 9.69 Å². The second-order valence-electron chi connectivity index (χ2n) is 3.05. The van der Waals surface area contributed by atoms with E-state index in [0.29, 0.717) is 6.42 Å². The molecule has 0 aliphatic carbocycles. The number of hydrogen-bond acceptors (Lipinski definition) is 3. The van der Waals surface area contributed by atoms with Gasteiger partial charge in [0, 0.05) is 26.2 Å². The highest BCUT2D eigenvalue weighted by atomic mass is 35.5. The largest absolute Gasteiger partial charge is 0.480 e. The third kappa shape index (κ3) is 3.50. The van der Waals surface area contributed by atoms with E-state index in [9.17, 15) is 4.79 Å². The van der Waals surface area contributed by atoms with E-state index in [-0.39, 0.29) is 18.4 Å². The van der Waals surface area contributed by atoms with E-state index < -0.39 is 5.97 Å². The lowest BCUT2D eigenvalue weighted by Crippen LogP contribution is -2.50. The molecule has 1 saturated heterocycles. The standard InChI is InChI=1S/C8H16N2O2.ClH/c1-2-7(8(11)12)10-5-3-9-4-6-10;/h7,9H,2-6H2,1H3,(H,11,12);1H. The summed E-state index contributed by atoms with van der Waals surface area (Å²) in [4.78, 5) is 12.8. The number of nitrogens with one attached hydrogen (secondary N) is 1. The molecule has 0 amide bonds. The third-order valence-corrected chi connectivity index (χ3v) is 2.26. The molecule has 1 rings (SSSR count). The van der Waals surface area contributed by atoms with Crippen LogP contribution in [-0.4, -0.2) is 48.2 Å². The molecule has 0 aromatic rings. The van der Waals surface area contributed by atoms with Gasteiger partial charge in [-0.2, -0.15) is 0 Å². The predicted molar refractivity (Wildman–Crippen MR) is 53.4 cm³/mol. The Morgan fingerprint density at radius 1 is 1.54 bits per heavy atom. The summed E-state index contributed by atoms with van der Waals surface area (Å²) >= 11 is 0. The number of carbonyl (C=O) groups is 1. The lowest BCUT2D eigenvalue weighted by atomic mass is 10.2. The van der Waals surface area contributed by atoms with Crippen LogP contribution in [0.4, 0.5) is 0 Å². The van der Waals surface area contributed by atoms with E-state index in [1.165, 1.54) is 0 Å². The van der Waals surface area contributed by atoms with Crippen LogP contribution in [0, 0.1) is 0 Å². The fourth-order valence-corrected chi connectivity index (χ4v) is 1.58. The van der Waals surface area contributed by atoms with Crippen LogP contribution < -0.4 is 5.32 Å². The normalized spacial score (nSPS) is 20.4. The van der Waals surface area contributed by atoms with Crippen LogP contribution in [0.3, 0.4) is 0 Å².